The van der Waals surface area contributed by atoms with Gasteiger partial charge in [0.05, 0.1) is 0 Å². The largest absolute Gasteiger partial charge is 0.294 e. The molecule has 0 fully saturated rings. The Hall–Kier alpha value is -0.850. The van der Waals surface area contributed by atoms with E-state index < -0.39 is 0 Å². The predicted octanol–water partition coefficient (Wildman–Crippen LogP) is 4.54. The molecule has 0 saturated carbocycles. The Kier molecular flexibility index (Phi) is 4.01. The minimum Gasteiger partial charge on any atom is -0.294 e. The lowest BCUT2D eigenvalue weighted by Crippen LogP contribution is -2.27. The minimum atomic E-state index is -0.271. The third-order valence-corrected chi connectivity index (χ3v) is 3.77. The Balaban J connectivity index is 2.86. The maximum Gasteiger partial charge on any atom is 0.160 e. The zero-order valence-electron chi connectivity index (χ0n) is 12.1. The van der Waals surface area contributed by atoms with Gasteiger partial charge in [-0.05, 0) is 31.3 Å². The Bertz CT molecular complexity index is 350. The first-order chi connectivity index (χ1) is 7.64. The van der Waals surface area contributed by atoms with Gasteiger partial charge in [0.25, 0.3) is 0 Å². The molecule has 1 heteroatoms. The molecular formula is C16H26O. The summed E-state index contributed by atoms with van der Waals surface area (Å²) in [6.45, 7) is 12.7. The van der Waals surface area contributed by atoms with Crippen LogP contribution in [0.15, 0.2) is 23.8 Å². The Morgan fingerprint density at radius 1 is 1.41 bits per heavy atom. The highest BCUT2D eigenvalue weighted by atomic mass is 16.1. The molecule has 0 aromatic carbocycles. The highest BCUT2D eigenvalue weighted by molar-refractivity contribution is 5.93. The number of rotatable bonds is 2. The van der Waals surface area contributed by atoms with Gasteiger partial charge in [-0.3, -0.25) is 4.79 Å². The van der Waals surface area contributed by atoms with Crippen molar-refractivity contribution in [1.29, 1.82) is 0 Å². The second-order valence-electron chi connectivity index (χ2n) is 6.93. The second kappa shape index (κ2) is 4.80. The standard InChI is InChI=1S/C16H26O/c1-12-8-7-11-16(5,6)13(12)9-10-14(17)15(2,3)4/h8-10,13H,7,11H2,1-6H3. The van der Waals surface area contributed by atoms with Crippen LogP contribution in [0.2, 0.25) is 0 Å². The average molecular weight is 234 g/mol. The van der Waals surface area contributed by atoms with Crippen LogP contribution in [0.1, 0.15) is 54.4 Å². The molecule has 1 aliphatic carbocycles. The van der Waals surface area contributed by atoms with Crippen LogP contribution in [0.5, 0.6) is 0 Å². The Morgan fingerprint density at radius 2 is 2.00 bits per heavy atom. The van der Waals surface area contributed by atoms with Gasteiger partial charge in [0.1, 0.15) is 0 Å². The van der Waals surface area contributed by atoms with E-state index >= 15 is 0 Å². The van der Waals surface area contributed by atoms with Crippen molar-refractivity contribution in [3.63, 3.8) is 0 Å². The van der Waals surface area contributed by atoms with E-state index in [1.54, 1.807) is 6.08 Å². The van der Waals surface area contributed by atoms with Crippen LogP contribution < -0.4 is 0 Å². The van der Waals surface area contributed by atoms with Crippen LogP contribution in [0.3, 0.4) is 0 Å². The highest BCUT2D eigenvalue weighted by Gasteiger charge is 2.31. The molecular weight excluding hydrogens is 208 g/mol. The summed E-state index contributed by atoms with van der Waals surface area (Å²) in [6.07, 6.45) is 8.56. The van der Waals surface area contributed by atoms with Gasteiger partial charge in [-0.15, -0.1) is 0 Å². The summed E-state index contributed by atoms with van der Waals surface area (Å²) >= 11 is 0. The fourth-order valence-corrected chi connectivity index (χ4v) is 2.42. The van der Waals surface area contributed by atoms with Crippen molar-refractivity contribution in [1.82, 2.24) is 0 Å². The maximum absolute atomic E-state index is 11.9. The first kappa shape index (κ1) is 14.2. The molecule has 0 heterocycles. The van der Waals surface area contributed by atoms with Gasteiger partial charge in [-0.1, -0.05) is 52.3 Å². The van der Waals surface area contributed by atoms with E-state index in [0.717, 1.165) is 6.42 Å². The number of carbonyl (C=O) groups excluding carboxylic acids is 1. The van der Waals surface area contributed by atoms with Gasteiger partial charge < -0.3 is 0 Å². The highest BCUT2D eigenvalue weighted by Crippen LogP contribution is 2.41. The first-order valence-corrected chi connectivity index (χ1v) is 6.54. The third-order valence-electron chi connectivity index (χ3n) is 3.77. The summed E-state index contributed by atoms with van der Waals surface area (Å²) in [4.78, 5) is 11.9. The molecule has 1 unspecified atom stereocenters. The Morgan fingerprint density at radius 3 is 2.47 bits per heavy atom. The monoisotopic (exact) mass is 234 g/mol. The predicted molar refractivity (Wildman–Crippen MR) is 73.9 cm³/mol. The molecule has 96 valence electrons. The molecule has 0 saturated heterocycles. The van der Waals surface area contributed by atoms with Gasteiger partial charge in [0, 0.05) is 11.3 Å². The summed E-state index contributed by atoms with van der Waals surface area (Å²) in [6, 6.07) is 0. The van der Waals surface area contributed by atoms with E-state index in [1.807, 2.05) is 20.8 Å². The van der Waals surface area contributed by atoms with Gasteiger partial charge >= 0.3 is 0 Å². The molecule has 1 aliphatic rings. The lowest BCUT2D eigenvalue weighted by atomic mass is 9.68. The van der Waals surface area contributed by atoms with Gasteiger partial charge in [0.2, 0.25) is 0 Å². The molecule has 0 aromatic rings. The van der Waals surface area contributed by atoms with E-state index in [-0.39, 0.29) is 16.6 Å². The molecule has 1 nitrogen and oxygen atoms in total. The van der Waals surface area contributed by atoms with Crippen LogP contribution in [0.4, 0.5) is 0 Å². The van der Waals surface area contributed by atoms with Crippen LogP contribution in [-0.4, -0.2) is 5.78 Å². The van der Waals surface area contributed by atoms with Crippen molar-refractivity contribution >= 4 is 5.78 Å². The SMILES string of the molecule is CC1=CCCC(C)(C)C1C=CC(=O)C(C)(C)C. The van der Waals surface area contributed by atoms with Gasteiger partial charge in [-0.2, -0.15) is 0 Å². The molecule has 17 heavy (non-hydrogen) atoms. The van der Waals surface area contributed by atoms with Crippen LogP contribution in [0, 0.1) is 16.7 Å². The number of allylic oxidation sites excluding steroid dienone is 4. The molecule has 0 spiro atoms. The lowest BCUT2D eigenvalue weighted by Gasteiger charge is -2.36. The molecule has 0 radical (unpaired) electrons. The number of hydrogen-bond acceptors (Lipinski definition) is 1. The Labute approximate surface area is 106 Å². The second-order valence-corrected chi connectivity index (χ2v) is 6.93. The number of carbonyl (C=O) groups is 1. The molecule has 0 N–H and O–H groups in total. The molecule has 0 bridgehead atoms. The van der Waals surface area contributed by atoms with Crippen LogP contribution in [-0.2, 0) is 4.79 Å². The molecule has 1 rings (SSSR count). The van der Waals surface area contributed by atoms with Crippen LogP contribution >= 0.6 is 0 Å². The number of hydrogen-bond donors (Lipinski definition) is 0. The number of ketones is 1. The quantitative estimate of drug-likeness (QED) is 0.506. The zero-order valence-corrected chi connectivity index (χ0v) is 12.1. The van der Waals surface area contributed by atoms with Crippen molar-refractivity contribution in [3.05, 3.63) is 23.8 Å². The molecule has 1 atom stereocenters. The van der Waals surface area contributed by atoms with E-state index in [0.29, 0.717) is 5.92 Å². The van der Waals surface area contributed by atoms with Crippen LogP contribution in [0.25, 0.3) is 0 Å². The zero-order chi connectivity index (χ0) is 13.3. The molecule has 0 aliphatic heterocycles. The van der Waals surface area contributed by atoms with E-state index in [4.69, 9.17) is 0 Å². The van der Waals surface area contributed by atoms with Crippen molar-refractivity contribution in [2.75, 3.05) is 0 Å². The van der Waals surface area contributed by atoms with Crippen molar-refractivity contribution in [2.45, 2.75) is 54.4 Å². The van der Waals surface area contributed by atoms with Crippen molar-refractivity contribution in [3.8, 4) is 0 Å². The van der Waals surface area contributed by atoms with Gasteiger partial charge in [-0.25, -0.2) is 0 Å². The fourth-order valence-electron chi connectivity index (χ4n) is 2.42. The summed E-state index contributed by atoms with van der Waals surface area (Å²) < 4.78 is 0. The summed E-state index contributed by atoms with van der Waals surface area (Å²) in [5.41, 5.74) is 1.40. The topological polar surface area (TPSA) is 17.1 Å². The maximum atomic E-state index is 11.9. The van der Waals surface area contributed by atoms with Crippen molar-refractivity contribution < 1.29 is 4.79 Å². The summed E-state index contributed by atoms with van der Waals surface area (Å²) in [5.74, 6) is 0.620. The molecule has 0 amide bonds. The summed E-state index contributed by atoms with van der Waals surface area (Å²) in [7, 11) is 0. The fraction of sp³-hybridized carbons (Fsp3) is 0.688. The smallest absolute Gasteiger partial charge is 0.160 e. The minimum absolute atomic E-state index is 0.215. The van der Waals surface area contributed by atoms with Gasteiger partial charge in [0.15, 0.2) is 5.78 Å². The van der Waals surface area contributed by atoms with Crippen molar-refractivity contribution in [2.24, 2.45) is 16.7 Å². The normalized spacial score (nSPS) is 24.8. The lowest BCUT2D eigenvalue weighted by molar-refractivity contribution is -0.121. The van der Waals surface area contributed by atoms with E-state index in [9.17, 15) is 4.79 Å². The molecule has 0 aromatic heterocycles. The first-order valence-electron chi connectivity index (χ1n) is 6.54. The average Bonchev–Trinajstić information content (AvgIpc) is 2.14. The van der Waals surface area contributed by atoms with E-state index in [2.05, 4.69) is 32.9 Å². The third kappa shape index (κ3) is 3.55. The summed E-state index contributed by atoms with van der Waals surface area (Å²) in [5, 5.41) is 0. The van der Waals surface area contributed by atoms with E-state index in [1.165, 1.54) is 12.0 Å².